The predicted octanol–water partition coefficient (Wildman–Crippen LogP) is 1.55. The number of benzene rings is 1. The van der Waals surface area contributed by atoms with Gasteiger partial charge in [-0.25, -0.2) is 0 Å². The summed E-state index contributed by atoms with van der Waals surface area (Å²) in [4.78, 5) is 12.1. The Morgan fingerprint density at radius 2 is 2.05 bits per heavy atom. The second-order valence-electron chi connectivity index (χ2n) is 4.58. The fourth-order valence-electron chi connectivity index (χ4n) is 2.01. The van der Waals surface area contributed by atoms with Gasteiger partial charge in [0.1, 0.15) is 5.69 Å². The first-order chi connectivity index (χ1) is 9.00. The molecule has 0 atom stereocenters. The Kier molecular flexibility index (Phi) is 3.55. The standard InChI is InChI=1S/C14H18N4O/c1-9-6-4-5-7-11(9)8-16-14(19)13-12(15)10(2)17-18(13)3/h4-7H,8,15H2,1-3H3,(H,16,19). The van der Waals surface area contributed by atoms with E-state index >= 15 is 0 Å². The summed E-state index contributed by atoms with van der Waals surface area (Å²) < 4.78 is 1.51. The molecule has 0 fully saturated rings. The maximum Gasteiger partial charge on any atom is 0.271 e. The first-order valence-electron chi connectivity index (χ1n) is 6.12. The summed E-state index contributed by atoms with van der Waals surface area (Å²) in [6, 6.07) is 7.94. The van der Waals surface area contributed by atoms with Crippen LogP contribution in [0.3, 0.4) is 0 Å². The van der Waals surface area contributed by atoms with Crippen LogP contribution in [0.25, 0.3) is 0 Å². The minimum atomic E-state index is -0.205. The van der Waals surface area contributed by atoms with Gasteiger partial charge < -0.3 is 11.1 Å². The molecule has 1 aromatic heterocycles. The summed E-state index contributed by atoms with van der Waals surface area (Å²) in [7, 11) is 1.71. The van der Waals surface area contributed by atoms with Crippen molar-refractivity contribution in [1.29, 1.82) is 0 Å². The molecule has 0 saturated carbocycles. The molecule has 5 nitrogen and oxygen atoms in total. The van der Waals surface area contributed by atoms with E-state index in [0.29, 0.717) is 23.6 Å². The number of carbonyl (C=O) groups excluding carboxylic acids is 1. The van der Waals surface area contributed by atoms with E-state index in [4.69, 9.17) is 5.73 Å². The lowest BCUT2D eigenvalue weighted by Gasteiger charge is -2.08. The zero-order valence-electron chi connectivity index (χ0n) is 11.4. The minimum absolute atomic E-state index is 0.205. The largest absolute Gasteiger partial charge is 0.395 e. The SMILES string of the molecule is Cc1ccccc1CNC(=O)c1c(N)c(C)nn1C. The van der Waals surface area contributed by atoms with Gasteiger partial charge in [0, 0.05) is 13.6 Å². The van der Waals surface area contributed by atoms with E-state index < -0.39 is 0 Å². The number of nitrogens with two attached hydrogens (primary N) is 1. The summed E-state index contributed by atoms with van der Waals surface area (Å²) in [5, 5.41) is 7.01. The number of nitrogens with zero attached hydrogens (tertiary/aromatic N) is 2. The molecular weight excluding hydrogens is 240 g/mol. The third-order valence-corrected chi connectivity index (χ3v) is 3.18. The molecule has 2 rings (SSSR count). The number of carbonyl (C=O) groups is 1. The van der Waals surface area contributed by atoms with Crippen molar-refractivity contribution in [2.24, 2.45) is 7.05 Å². The quantitative estimate of drug-likeness (QED) is 0.877. The molecule has 1 amide bonds. The number of nitrogens with one attached hydrogen (secondary N) is 1. The van der Waals surface area contributed by atoms with E-state index in [2.05, 4.69) is 10.4 Å². The van der Waals surface area contributed by atoms with Gasteiger partial charge in [-0.15, -0.1) is 0 Å². The van der Waals surface area contributed by atoms with E-state index in [-0.39, 0.29) is 5.91 Å². The molecule has 3 N–H and O–H groups in total. The lowest BCUT2D eigenvalue weighted by atomic mass is 10.1. The van der Waals surface area contributed by atoms with Crippen molar-refractivity contribution in [1.82, 2.24) is 15.1 Å². The van der Waals surface area contributed by atoms with Crippen molar-refractivity contribution in [2.75, 3.05) is 5.73 Å². The zero-order valence-corrected chi connectivity index (χ0v) is 11.4. The number of anilines is 1. The zero-order chi connectivity index (χ0) is 14.0. The normalized spacial score (nSPS) is 10.5. The van der Waals surface area contributed by atoms with Crippen LogP contribution in [-0.2, 0) is 13.6 Å². The number of hydrogen-bond acceptors (Lipinski definition) is 3. The van der Waals surface area contributed by atoms with Gasteiger partial charge >= 0.3 is 0 Å². The molecular formula is C14H18N4O. The molecule has 0 spiro atoms. The van der Waals surface area contributed by atoms with Crippen LogP contribution < -0.4 is 11.1 Å². The van der Waals surface area contributed by atoms with E-state index in [1.165, 1.54) is 4.68 Å². The molecule has 0 aliphatic heterocycles. The molecule has 100 valence electrons. The number of aryl methyl sites for hydroxylation is 3. The molecule has 1 aromatic carbocycles. The van der Waals surface area contributed by atoms with Crippen molar-refractivity contribution >= 4 is 11.6 Å². The second-order valence-corrected chi connectivity index (χ2v) is 4.58. The van der Waals surface area contributed by atoms with Crippen LogP contribution in [0.1, 0.15) is 27.3 Å². The lowest BCUT2D eigenvalue weighted by Crippen LogP contribution is -2.26. The summed E-state index contributed by atoms with van der Waals surface area (Å²) in [6.45, 7) is 4.28. The summed E-state index contributed by atoms with van der Waals surface area (Å²) in [6.07, 6.45) is 0. The van der Waals surface area contributed by atoms with Crippen LogP contribution in [0.15, 0.2) is 24.3 Å². The molecule has 2 aromatic rings. The highest BCUT2D eigenvalue weighted by Gasteiger charge is 2.17. The van der Waals surface area contributed by atoms with Crippen molar-refractivity contribution in [3.8, 4) is 0 Å². The van der Waals surface area contributed by atoms with Gasteiger partial charge in [0.2, 0.25) is 0 Å². The Morgan fingerprint density at radius 3 is 2.63 bits per heavy atom. The Morgan fingerprint density at radius 1 is 1.37 bits per heavy atom. The number of rotatable bonds is 3. The molecule has 0 bridgehead atoms. The number of aromatic nitrogens is 2. The van der Waals surface area contributed by atoms with Crippen molar-refractivity contribution < 1.29 is 4.79 Å². The van der Waals surface area contributed by atoms with Gasteiger partial charge in [0.25, 0.3) is 5.91 Å². The van der Waals surface area contributed by atoms with E-state index in [9.17, 15) is 4.79 Å². The lowest BCUT2D eigenvalue weighted by molar-refractivity contribution is 0.0942. The number of hydrogen-bond donors (Lipinski definition) is 2. The Bertz CT molecular complexity index is 616. The third-order valence-electron chi connectivity index (χ3n) is 3.18. The average molecular weight is 258 g/mol. The topological polar surface area (TPSA) is 72.9 Å². The van der Waals surface area contributed by atoms with Crippen molar-refractivity contribution in [3.63, 3.8) is 0 Å². The first-order valence-corrected chi connectivity index (χ1v) is 6.12. The van der Waals surface area contributed by atoms with Crippen LogP contribution in [0.5, 0.6) is 0 Å². The monoisotopic (exact) mass is 258 g/mol. The van der Waals surface area contributed by atoms with Gasteiger partial charge in [-0.1, -0.05) is 24.3 Å². The van der Waals surface area contributed by atoms with Crippen LogP contribution >= 0.6 is 0 Å². The fraction of sp³-hybridized carbons (Fsp3) is 0.286. The molecule has 0 unspecified atom stereocenters. The maximum absolute atomic E-state index is 12.1. The van der Waals surface area contributed by atoms with E-state index in [0.717, 1.165) is 11.1 Å². The van der Waals surface area contributed by atoms with Gasteiger partial charge in [-0.3, -0.25) is 9.48 Å². The summed E-state index contributed by atoms with van der Waals surface area (Å²) in [5.41, 5.74) is 9.61. The molecule has 0 radical (unpaired) electrons. The van der Waals surface area contributed by atoms with Gasteiger partial charge in [0.05, 0.1) is 11.4 Å². The van der Waals surface area contributed by atoms with Crippen LogP contribution in [0.2, 0.25) is 0 Å². The van der Waals surface area contributed by atoms with Gasteiger partial charge in [0.15, 0.2) is 0 Å². The minimum Gasteiger partial charge on any atom is -0.395 e. The Labute approximate surface area is 112 Å². The van der Waals surface area contributed by atoms with Crippen molar-refractivity contribution in [2.45, 2.75) is 20.4 Å². The maximum atomic E-state index is 12.1. The molecule has 0 saturated heterocycles. The third kappa shape index (κ3) is 2.59. The molecule has 5 heteroatoms. The summed E-state index contributed by atoms with van der Waals surface area (Å²) in [5.74, 6) is -0.205. The molecule has 19 heavy (non-hydrogen) atoms. The van der Waals surface area contributed by atoms with Gasteiger partial charge in [-0.05, 0) is 25.0 Å². The van der Waals surface area contributed by atoms with Gasteiger partial charge in [-0.2, -0.15) is 5.10 Å². The first kappa shape index (κ1) is 13.1. The van der Waals surface area contributed by atoms with E-state index in [1.807, 2.05) is 31.2 Å². The van der Waals surface area contributed by atoms with Crippen LogP contribution in [0, 0.1) is 13.8 Å². The predicted molar refractivity (Wildman–Crippen MR) is 74.7 cm³/mol. The molecule has 1 heterocycles. The molecule has 0 aliphatic carbocycles. The fourth-order valence-corrected chi connectivity index (χ4v) is 2.01. The van der Waals surface area contributed by atoms with Crippen LogP contribution in [-0.4, -0.2) is 15.7 Å². The van der Waals surface area contributed by atoms with Crippen molar-refractivity contribution in [3.05, 3.63) is 46.8 Å². The number of nitrogen functional groups attached to an aromatic ring is 1. The average Bonchev–Trinajstić information content (AvgIpc) is 2.62. The Hall–Kier alpha value is -2.30. The smallest absolute Gasteiger partial charge is 0.271 e. The van der Waals surface area contributed by atoms with E-state index in [1.54, 1.807) is 14.0 Å². The summed E-state index contributed by atoms with van der Waals surface area (Å²) >= 11 is 0. The highest BCUT2D eigenvalue weighted by molar-refractivity contribution is 5.97. The Balaban J connectivity index is 2.12. The highest BCUT2D eigenvalue weighted by Crippen LogP contribution is 2.15. The molecule has 0 aliphatic rings. The van der Waals surface area contributed by atoms with Crippen LogP contribution in [0.4, 0.5) is 5.69 Å². The highest BCUT2D eigenvalue weighted by atomic mass is 16.2. The second kappa shape index (κ2) is 5.14. The number of amides is 1.